The van der Waals surface area contributed by atoms with Crippen molar-refractivity contribution in [3.05, 3.63) is 45.5 Å². The van der Waals surface area contributed by atoms with Gasteiger partial charge in [-0.15, -0.1) is 0 Å². The molecule has 0 unspecified atom stereocenters. The fraction of sp³-hybridized carbons (Fsp3) is 0.0714. The maximum Gasteiger partial charge on any atom is 0.307 e. The standard InChI is InChI=1S/C14H10INO2/c15-9-2-4-12-11(7-9)10-3-1-8(6-14(17)18)5-13(10)16-12/h1-5,7,16H,6H2,(H,17,18). The molecule has 0 saturated carbocycles. The van der Waals surface area contributed by atoms with Crippen LogP contribution in [0.5, 0.6) is 0 Å². The SMILES string of the molecule is O=C(O)Cc1ccc2c(c1)[nH]c1ccc(I)cc12. The van der Waals surface area contributed by atoms with Gasteiger partial charge in [-0.05, 0) is 52.4 Å². The third-order valence-corrected chi connectivity index (χ3v) is 3.65. The average Bonchev–Trinajstić information content (AvgIpc) is 2.65. The smallest absolute Gasteiger partial charge is 0.307 e. The second-order valence-electron chi connectivity index (χ2n) is 4.27. The van der Waals surface area contributed by atoms with Crippen molar-refractivity contribution in [3.8, 4) is 0 Å². The van der Waals surface area contributed by atoms with Crippen LogP contribution in [0.4, 0.5) is 0 Å². The summed E-state index contributed by atoms with van der Waals surface area (Å²) < 4.78 is 1.19. The Bertz CT molecular complexity index is 761. The second-order valence-corrected chi connectivity index (χ2v) is 5.51. The van der Waals surface area contributed by atoms with Crippen molar-refractivity contribution in [1.29, 1.82) is 0 Å². The summed E-state index contributed by atoms with van der Waals surface area (Å²) in [5.74, 6) is -0.806. The van der Waals surface area contributed by atoms with Crippen molar-refractivity contribution in [2.45, 2.75) is 6.42 Å². The van der Waals surface area contributed by atoms with Crippen molar-refractivity contribution in [3.63, 3.8) is 0 Å². The first-order valence-electron chi connectivity index (χ1n) is 5.55. The molecule has 3 nitrogen and oxygen atoms in total. The lowest BCUT2D eigenvalue weighted by atomic mass is 10.1. The summed E-state index contributed by atoms with van der Waals surface area (Å²) in [4.78, 5) is 14.0. The molecule has 0 aliphatic rings. The van der Waals surface area contributed by atoms with Crippen LogP contribution in [-0.4, -0.2) is 16.1 Å². The molecule has 0 amide bonds. The number of aliphatic carboxylic acids is 1. The Balaban J connectivity index is 2.23. The monoisotopic (exact) mass is 351 g/mol. The summed E-state index contributed by atoms with van der Waals surface area (Å²) in [6, 6.07) is 12.0. The van der Waals surface area contributed by atoms with Crippen LogP contribution in [0.3, 0.4) is 0 Å². The quantitative estimate of drug-likeness (QED) is 0.694. The minimum atomic E-state index is -0.806. The van der Waals surface area contributed by atoms with Crippen LogP contribution in [-0.2, 0) is 11.2 Å². The molecule has 0 bridgehead atoms. The summed E-state index contributed by atoms with van der Waals surface area (Å²) in [5.41, 5.74) is 2.89. The highest BCUT2D eigenvalue weighted by atomic mass is 127. The lowest BCUT2D eigenvalue weighted by Crippen LogP contribution is -1.99. The molecule has 1 aromatic heterocycles. The highest BCUT2D eigenvalue weighted by Gasteiger charge is 2.07. The second kappa shape index (κ2) is 4.28. The number of aromatic amines is 1. The zero-order valence-electron chi connectivity index (χ0n) is 9.40. The Morgan fingerprint density at radius 1 is 1.11 bits per heavy atom. The Labute approximate surface area is 117 Å². The molecular weight excluding hydrogens is 341 g/mol. The first-order chi connectivity index (χ1) is 8.63. The predicted molar refractivity (Wildman–Crippen MR) is 79.9 cm³/mol. The predicted octanol–water partition coefficient (Wildman–Crippen LogP) is 3.55. The van der Waals surface area contributed by atoms with Crippen molar-refractivity contribution in [2.75, 3.05) is 0 Å². The number of halogens is 1. The fourth-order valence-corrected chi connectivity index (χ4v) is 2.70. The maximum atomic E-state index is 10.7. The number of carboxylic acids is 1. The lowest BCUT2D eigenvalue weighted by Gasteiger charge is -1.97. The van der Waals surface area contributed by atoms with E-state index in [4.69, 9.17) is 5.11 Å². The average molecular weight is 351 g/mol. The highest BCUT2D eigenvalue weighted by molar-refractivity contribution is 14.1. The number of fused-ring (bicyclic) bond motifs is 3. The van der Waals surface area contributed by atoms with E-state index < -0.39 is 5.97 Å². The van der Waals surface area contributed by atoms with Crippen LogP contribution >= 0.6 is 22.6 Å². The van der Waals surface area contributed by atoms with E-state index in [1.54, 1.807) is 0 Å². The van der Waals surface area contributed by atoms with Crippen LogP contribution in [0.25, 0.3) is 21.8 Å². The Hall–Kier alpha value is -1.56. The van der Waals surface area contributed by atoms with E-state index in [2.05, 4.69) is 39.7 Å². The molecule has 4 heteroatoms. The molecule has 0 atom stereocenters. The number of rotatable bonds is 2. The van der Waals surface area contributed by atoms with Crippen molar-refractivity contribution >= 4 is 50.4 Å². The number of benzene rings is 2. The van der Waals surface area contributed by atoms with Crippen LogP contribution < -0.4 is 0 Å². The van der Waals surface area contributed by atoms with Gasteiger partial charge >= 0.3 is 5.97 Å². The molecular formula is C14H10INO2. The number of H-pyrrole nitrogens is 1. The Kier molecular flexibility index (Phi) is 2.74. The maximum absolute atomic E-state index is 10.7. The first kappa shape index (κ1) is 11.5. The van der Waals surface area contributed by atoms with E-state index in [9.17, 15) is 4.79 Å². The van der Waals surface area contributed by atoms with Gasteiger partial charge < -0.3 is 10.1 Å². The van der Waals surface area contributed by atoms with Gasteiger partial charge in [-0.2, -0.15) is 0 Å². The molecule has 90 valence electrons. The van der Waals surface area contributed by atoms with Crippen molar-refractivity contribution in [1.82, 2.24) is 4.98 Å². The van der Waals surface area contributed by atoms with E-state index in [-0.39, 0.29) is 6.42 Å². The molecule has 0 fully saturated rings. The third kappa shape index (κ3) is 1.96. The summed E-state index contributed by atoms with van der Waals surface area (Å²) in [6.45, 7) is 0. The first-order valence-corrected chi connectivity index (χ1v) is 6.63. The molecule has 3 rings (SSSR count). The minimum Gasteiger partial charge on any atom is -0.481 e. The molecule has 3 aromatic rings. The number of carbonyl (C=O) groups is 1. The van der Waals surface area contributed by atoms with Gasteiger partial charge in [0.1, 0.15) is 0 Å². The number of carboxylic acid groups (broad SMARTS) is 1. The zero-order valence-corrected chi connectivity index (χ0v) is 11.6. The zero-order chi connectivity index (χ0) is 12.7. The number of hydrogen-bond donors (Lipinski definition) is 2. The molecule has 2 N–H and O–H groups in total. The normalized spacial score (nSPS) is 11.2. The number of hydrogen-bond acceptors (Lipinski definition) is 1. The van der Waals surface area contributed by atoms with E-state index in [0.29, 0.717) is 0 Å². The van der Waals surface area contributed by atoms with E-state index in [1.807, 2.05) is 24.3 Å². The van der Waals surface area contributed by atoms with Crippen LogP contribution in [0, 0.1) is 3.57 Å². The van der Waals surface area contributed by atoms with Gasteiger partial charge in [0.25, 0.3) is 0 Å². The topological polar surface area (TPSA) is 53.1 Å². The summed E-state index contributed by atoms with van der Waals surface area (Å²) in [5, 5.41) is 11.1. The summed E-state index contributed by atoms with van der Waals surface area (Å²) in [6.07, 6.45) is 0.0584. The molecule has 0 aliphatic carbocycles. The Morgan fingerprint density at radius 3 is 2.72 bits per heavy atom. The van der Waals surface area contributed by atoms with Gasteiger partial charge in [0, 0.05) is 25.4 Å². The molecule has 18 heavy (non-hydrogen) atoms. The number of aromatic nitrogens is 1. The summed E-state index contributed by atoms with van der Waals surface area (Å²) in [7, 11) is 0. The van der Waals surface area contributed by atoms with Crippen LogP contribution in [0.2, 0.25) is 0 Å². The van der Waals surface area contributed by atoms with E-state index in [1.165, 1.54) is 8.96 Å². The van der Waals surface area contributed by atoms with E-state index >= 15 is 0 Å². The van der Waals surface area contributed by atoms with E-state index in [0.717, 1.165) is 22.0 Å². The van der Waals surface area contributed by atoms with Gasteiger partial charge in [-0.3, -0.25) is 4.79 Å². The van der Waals surface area contributed by atoms with Crippen LogP contribution in [0.1, 0.15) is 5.56 Å². The van der Waals surface area contributed by atoms with Gasteiger partial charge in [0.05, 0.1) is 6.42 Å². The van der Waals surface area contributed by atoms with Crippen molar-refractivity contribution < 1.29 is 9.90 Å². The van der Waals surface area contributed by atoms with Gasteiger partial charge in [0.2, 0.25) is 0 Å². The molecule has 0 radical (unpaired) electrons. The van der Waals surface area contributed by atoms with Crippen molar-refractivity contribution in [2.24, 2.45) is 0 Å². The minimum absolute atomic E-state index is 0.0584. The number of nitrogens with one attached hydrogen (secondary N) is 1. The van der Waals surface area contributed by atoms with Gasteiger partial charge in [-0.25, -0.2) is 0 Å². The lowest BCUT2D eigenvalue weighted by molar-refractivity contribution is -0.136. The third-order valence-electron chi connectivity index (χ3n) is 2.98. The molecule has 0 saturated heterocycles. The summed E-state index contributed by atoms with van der Waals surface area (Å²) >= 11 is 2.29. The van der Waals surface area contributed by atoms with Crippen LogP contribution in [0.15, 0.2) is 36.4 Å². The largest absolute Gasteiger partial charge is 0.481 e. The Morgan fingerprint density at radius 2 is 1.94 bits per heavy atom. The molecule has 0 aliphatic heterocycles. The molecule has 1 heterocycles. The van der Waals surface area contributed by atoms with Gasteiger partial charge in [0.15, 0.2) is 0 Å². The fourth-order valence-electron chi connectivity index (χ4n) is 2.21. The van der Waals surface area contributed by atoms with Gasteiger partial charge in [-0.1, -0.05) is 12.1 Å². The molecule has 0 spiro atoms. The molecule has 2 aromatic carbocycles. The highest BCUT2D eigenvalue weighted by Crippen LogP contribution is 2.27.